The van der Waals surface area contributed by atoms with Crippen molar-refractivity contribution in [2.75, 3.05) is 0 Å². The predicted molar refractivity (Wildman–Crippen MR) is 90.7 cm³/mol. The van der Waals surface area contributed by atoms with Crippen molar-refractivity contribution in [2.45, 2.75) is 44.6 Å². The lowest BCUT2D eigenvalue weighted by atomic mass is 9.80. The van der Waals surface area contributed by atoms with Crippen LogP contribution in [0, 0.1) is 6.92 Å². The molecule has 1 saturated carbocycles. The van der Waals surface area contributed by atoms with Gasteiger partial charge in [0, 0.05) is 17.7 Å². The average molecular weight is 310 g/mol. The van der Waals surface area contributed by atoms with Gasteiger partial charge in [-0.1, -0.05) is 43.2 Å². The first-order valence-corrected chi connectivity index (χ1v) is 8.21. The van der Waals surface area contributed by atoms with Crippen molar-refractivity contribution in [3.63, 3.8) is 0 Å². The minimum absolute atomic E-state index is 0.0827. The Morgan fingerprint density at radius 1 is 1.09 bits per heavy atom. The van der Waals surface area contributed by atoms with Crippen LogP contribution >= 0.6 is 0 Å². The SMILES string of the molecule is Cc1ccc(C(=O)N[C@H]2CCCC[C@@H]2c2ccccc2)c(=O)[nH]1. The fraction of sp³-hybridized carbons (Fsp3) is 0.368. The van der Waals surface area contributed by atoms with Gasteiger partial charge < -0.3 is 10.3 Å². The average Bonchev–Trinajstić information content (AvgIpc) is 2.56. The maximum atomic E-state index is 12.5. The molecule has 0 aliphatic heterocycles. The molecule has 1 amide bonds. The van der Waals surface area contributed by atoms with Gasteiger partial charge in [0.2, 0.25) is 0 Å². The van der Waals surface area contributed by atoms with Crippen LogP contribution in [0.4, 0.5) is 0 Å². The zero-order chi connectivity index (χ0) is 16.2. The van der Waals surface area contributed by atoms with Gasteiger partial charge in [-0.2, -0.15) is 0 Å². The highest BCUT2D eigenvalue weighted by Crippen LogP contribution is 2.33. The molecule has 4 nitrogen and oxygen atoms in total. The number of aromatic amines is 1. The van der Waals surface area contributed by atoms with Crippen molar-refractivity contribution in [2.24, 2.45) is 0 Å². The third-order valence-electron chi connectivity index (χ3n) is 4.61. The minimum Gasteiger partial charge on any atom is -0.349 e. The summed E-state index contributed by atoms with van der Waals surface area (Å²) < 4.78 is 0. The van der Waals surface area contributed by atoms with Gasteiger partial charge in [0.1, 0.15) is 5.56 Å². The fourth-order valence-corrected chi connectivity index (χ4v) is 3.40. The Balaban J connectivity index is 1.79. The number of nitrogens with one attached hydrogen (secondary N) is 2. The Morgan fingerprint density at radius 3 is 2.57 bits per heavy atom. The third-order valence-corrected chi connectivity index (χ3v) is 4.61. The molecule has 0 bridgehead atoms. The number of hydrogen-bond acceptors (Lipinski definition) is 2. The molecule has 2 N–H and O–H groups in total. The third kappa shape index (κ3) is 3.52. The Labute approximate surface area is 135 Å². The predicted octanol–water partition coefficient (Wildman–Crippen LogP) is 3.14. The molecule has 0 saturated heterocycles. The first-order chi connectivity index (χ1) is 11.1. The zero-order valence-corrected chi connectivity index (χ0v) is 13.3. The van der Waals surface area contributed by atoms with Gasteiger partial charge in [-0.05, 0) is 37.5 Å². The number of rotatable bonds is 3. The van der Waals surface area contributed by atoms with Crippen LogP contribution in [0.5, 0.6) is 0 Å². The molecule has 2 atom stereocenters. The van der Waals surface area contributed by atoms with E-state index in [0.717, 1.165) is 25.0 Å². The lowest BCUT2D eigenvalue weighted by Crippen LogP contribution is -2.42. The summed E-state index contributed by atoms with van der Waals surface area (Å²) in [6.07, 6.45) is 4.31. The Kier molecular flexibility index (Phi) is 4.60. The van der Waals surface area contributed by atoms with E-state index in [1.54, 1.807) is 19.1 Å². The largest absolute Gasteiger partial charge is 0.349 e. The Morgan fingerprint density at radius 2 is 1.83 bits per heavy atom. The number of aryl methyl sites for hydroxylation is 1. The highest BCUT2D eigenvalue weighted by molar-refractivity contribution is 5.94. The molecule has 120 valence electrons. The maximum absolute atomic E-state index is 12.5. The first kappa shape index (κ1) is 15.5. The summed E-state index contributed by atoms with van der Waals surface area (Å²) in [5, 5.41) is 3.09. The van der Waals surface area contributed by atoms with E-state index in [1.165, 1.54) is 12.0 Å². The van der Waals surface area contributed by atoms with E-state index < -0.39 is 0 Å². The van der Waals surface area contributed by atoms with Crippen LogP contribution in [0.25, 0.3) is 0 Å². The molecule has 4 heteroatoms. The van der Waals surface area contributed by atoms with Crippen molar-refractivity contribution >= 4 is 5.91 Å². The van der Waals surface area contributed by atoms with Crippen LogP contribution in [0.15, 0.2) is 47.3 Å². The number of amides is 1. The number of benzene rings is 1. The second-order valence-corrected chi connectivity index (χ2v) is 6.27. The second-order valence-electron chi connectivity index (χ2n) is 6.27. The number of aromatic nitrogens is 1. The van der Waals surface area contributed by atoms with Crippen LogP contribution in [0.3, 0.4) is 0 Å². The molecule has 0 spiro atoms. The van der Waals surface area contributed by atoms with Gasteiger partial charge in [-0.15, -0.1) is 0 Å². The zero-order valence-electron chi connectivity index (χ0n) is 13.3. The van der Waals surface area contributed by atoms with Crippen molar-refractivity contribution in [1.82, 2.24) is 10.3 Å². The van der Waals surface area contributed by atoms with Crippen molar-refractivity contribution in [3.8, 4) is 0 Å². The molecule has 3 rings (SSSR count). The molecule has 0 radical (unpaired) electrons. The van der Waals surface area contributed by atoms with Crippen LogP contribution in [-0.2, 0) is 0 Å². The van der Waals surface area contributed by atoms with Crippen molar-refractivity contribution < 1.29 is 4.79 Å². The second kappa shape index (κ2) is 6.82. The molecule has 1 aliphatic carbocycles. The minimum atomic E-state index is -0.324. The smallest absolute Gasteiger partial charge is 0.260 e. The molecule has 1 heterocycles. The number of H-pyrrole nitrogens is 1. The van der Waals surface area contributed by atoms with Gasteiger partial charge >= 0.3 is 0 Å². The van der Waals surface area contributed by atoms with Gasteiger partial charge in [0.25, 0.3) is 11.5 Å². The van der Waals surface area contributed by atoms with Gasteiger partial charge in [0.05, 0.1) is 0 Å². The summed E-state index contributed by atoms with van der Waals surface area (Å²) in [6, 6.07) is 13.8. The van der Waals surface area contributed by atoms with Crippen LogP contribution in [0.2, 0.25) is 0 Å². The van der Waals surface area contributed by atoms with Crippen LogP contribution in [0.1, 0.15) is 53.2 Å². The van der Waals surface area contributed by atoms with E-state index in [4.69, 9.17) is 0 Å². The molecule has 1 fully saturated rings. The number of pyridine rings is 1. The summed E-state index contributed by atoms with van der Waals surface area (Å²) in [6.45, 7) is 1.80. The topological polar surface area (TPSA) is 62.0 Å². The molecule has 2 aromatic rings. The highest BCUT2D eigenvalue weighted by Gasteiger charge is 2.28. The molecular weight excluding hydrogens is 288 g/mol. The van der Waals surface area contributed by atoms with Gasteiger partial charge in [0.15, 0.2) is 0 Å². The van der Waals surface area contributed by atoms with Crippen LogP contribution < -0.4 is 10.9 Å². The van der Waals surface area contributed by atoms with E-state index in [-0.39, 0.29) is 23.1 Å². The quantitative estimate of drug-likeness (QED) is 0.915. The highest BCUT2D eigenvalue weighted by atomic mass is 16.2. The van der Waals surface area contributed by atoms with Crippen molar-refractivity contribution in [3.05, 3.63) is 69.6 Å². The summed E-state index contributed by atoms with van der Waals surface area (Å²) in [4.78, 5) is 27.1. The molecule has 1 aromatic heterocycles. The normalized spacial score (nSPS) is 20.9. The van der Waals surface area contributed by atoms with E-state index in [1.807, 2.05) is 18.2 Å². The lowest BCUT2D eigenvalue weighted by molar-refractivity contribution is 0.0919. The van der Waals surface area contributed by atoms with Crippen molar-refractivity contribution in [1.29, 1.82) is 0 Å². The molecule has 0 unspecified atom stereocenters. The Hall–Kier alpha value is -2.36. The van der Waals surface area contributed by atoms with E-state index in [0.29, 0.717) is 5.92 Å². The number of hydrogen-bond donors (Lipinski definition) is 2. The first-order valence-electron chi connectivity index (χ1n) is 8.21. The van der Waals surface area contributed by atoms with Gasteiger partial charge in [-0.3, -0.25) is 9.59 Å². The summed E-state index contributed by atoms with van der Waals surface area (Å²) in [5.41, 5.74) is 1.88. The molecule has 1 aliphatic rings. The summed E-state index contributed by atoms with van der Waals surface area (Å²) in [5.74, 6) is 0.0394. The maximum Gasteiger partial charge on any atom is 0.260 e. The monoisotopic (exact) mass is 310 g/mol. The standard InChI is InChI=1S/C19H22N2O2/c1-13-11-12-16(18(22)20-13)19(23)21-17-10-6-5-9-15(17)14-7-3-2-4-8-14/h2-4,7-8,11-12,15,17H,5-6,9-10H2,1H3,(H,20,22)(H,21,23)/t15-,17+/m1/s1. The molecular formula is C19H22N2O2. The number of carbonyl (C=O) groups is 1. The fourth-order valence-electron chi connectivity index (χ4n) is 3.40. The van der Waals surface area contributed by atoms with Crippen LogP contribution in [-0.4, -0.2) is 16.9 Å². The van der Waals surface area contributed by atoms with E-state index in [2.05, 4.69) is 22.4 Å². The number of carbonyl (C=O) groups excluding carboxylic acids is 1. The molecule has 23 heavy (non-hydrogen) atoms. The summed E-state index contributed by atoms with van der Waals surface area (Å²) in [7, 11) is 0. The van der Waals surface area contributed by atoms with E-state index >= 15 is 0 Å². The van der Waals surface area contributed by atoms with Gasteiger partial charge in [-0.25, -0.2) is 0 Å². The lowest BCUT2D eigenvalue weighted by Gasteiger charge is -2.32. The van der Waals surface area contributed by atoms with E-state index in [9.17, 15) is 9.59 Å². The summed E-state index contributed by atoms with van der Waals surface area (Å²) >= 11 is 0. The Bertz CT molecular complexity index is 737. The molecule has 1 aromatic carbocycles.